The Kier molecular flexibility index (Phi) is 4.70. The zero-order chi connectivity index (χ0) is 14.5. The van der Waals surface area contributed by atoms with Gasteiger partial charge in [0.25, 0.3) is 0 Å². The van der Waals surface area contributed by atoms with Crippen molar-refractivity contribution in [1.29, 1.82) is 0 Å². The minimum atomic E-state index is -0.0821. The van der Waals surface area contributed by atoms with Crippen LogP contribution in [0.4, 0.5) is 4.79 Å². The van der Waals surface area contributed by atoms with Crippen LogP contribution in [0.15, 0.2) is 24.4 Å². The van der Waals surface area contributed by atoms with Crippen LogP contribution in [0, 0.1) is 5.92 Å². The van der Waals surface area contributed by atoms with E-state index in [-0.39, 0.29) is 6.03 Å². The highest BCUT2D eigenvalue weighted by Crippen LogP contribution is 2.30. The number of amides is 2. The molecule has 0 spiro atoms. The van der Waals surface area contributed by atoms with E-state index in [0.29, 0.717) is 12.6 Å². The molecule has 21 heavy (non-hydrogen) atoms. The molecule has 2 N–H and O–H groups in total. The van der Waals surface area contributed by atoms with E-state index >= 15 is 0 Å². The summed E-state index contributed by atoms with van der Waals surface area (Å²) >= 11 is 0. The number of nitrogens with zero attached hydrogens (tertiary/aromatic N) is 2. The number of urea groups is 1. The first-order valence-electron chi connectivity index (χ1n) is 7.96. The number of hydrogen-bond donors (Lipinski definition) is 2. The van der Waals surface area contributed by atoms with Crippen LogP contribution in [0.3, 0.4) is 0 Å². The maximum absolute atomic E-state index is 11.9. The quantitative estimate of drug-likeness (QED) is 0.868. The molecule has 1 aliphatic heterocycles. The van der Waals surface area contributed by atoms with Crippen molar-refractivity contribution in [3.63, 3.8) is 0 Å². The predicted octanol–water partition coefficient (Wildman–Crippen LogP) is 1.76. The van der Waals surface area contributed by atoms with Crippen LogP contribution in [-0.4, -0.2) is 41.6 Å². The maximum Gasteiger partial charge on any atom is 0.315 e. The van der Waals surface area contributed by atoms with Gasteiger partial charge >= 0.3 is 6.03 Å². The van der Waals surface area contributed by atoms with E-state index in [9.17, 15) is 4.79 Å². The SMILES string of the molecule is O=C(NCc1ccccn1)NC1CCN(CC2CC2)CC1. The van der Waals surface area contributed by atoms with Gasteiger partial charge in [-0.2, -0.15) is 0 Å². The lowest BCUT2D eigenvalue weighted by Gasteiger charge is -2.32. The van der Waals surface area contributed by atoms with E-state index in [2.05, 4.69) is 20.5 Å². The van der Waals surface area contributed by atoms with Gasteiger partial charge in [0, 0.05) is 31.9 Å². The lowest BCUT2D eigenvalue weighted by Crippen LogP contribution is -2.48. The van der Waals surface area contributed by atoms with Crippen molar-refractivity contribution in [3.05, 3.63) is 30.1 Å². The average molecular weight is 288 g/mol. The third kappa shape index (κ3) is 4.70. The number of pyridine rings is 1. The first kappa shape index (κ1) is 14.3. The second kappa shape index (κ2) is 6.89. The van der Waals surface area contributed by atoms with Gasteiger partial charge in [-0.25, -0.2) is 4.79 Å². The standard InChI is InChI=1S/C16H24N4O/c21-16(18-11-15-3-1-2-8-17-15)19-14-6-9-20(10-7-14)12-13-4-5-13/h1-3,8,13-14H,4-7,9-12H2,(H2,18,19,21). The van der Waals surface area contributed by atoms with Gasteiger partial charge in [-0.1, -0.05) is 6.07 Å². The third-order valence-electron chi connectivity index (χ3n) is 4.29. The summed E-state index contributed by atoms with van der Waals surface area (Å²) in [6.07, 6.45) is 6.68. The van der Waals surface area contributed by atoms with Crippen molar-refractivity contribution >= 4 is 6.03 Å². The fourth-order valence-electron chi connectivity index (χ4n) is 2.84. The number of hydrogen-bond acceptors (Lipinski definition) is 3. The number of aromatic nitrogens is 1. The van der Waals surface area contributed by atoms with E-state index in [4.69, 9.17) is 0 Å². The summed E-state index contributed by atoms with van der Waals surface area (Å²) in [6.45, 7) is 3.97. The summed E-state index contributed by atoms with van der Waals surface area (Å²) in [5, 5.41) is 5.95. The fraction of sp³-hybridized carbons (Fsp3) is 0.625. The van der Waals surface area contributed by atoms with Gasteiger partial charge < -0.3 is 15.5 Å². The number of carbonyl (C=O) groups is 1. The van der Waals surface area contributed by atoms with E-state index in [1.807, 2.05) is 18.2 Å². The zero-order valence-electron chi connectivity index (χ0n) is 12.4. The van der Waals surface area contributed by atoms with Gasteiger partial charge in [0.15, 0.2) is 0 Å². The molecule has 0 unspecified atom stereocenters. The van der Waals surface area contributed by atoms with Crippen molar-refractivity contribution in [2.24, 2.45) is 5.92 Å². The summed E-state index contributed by atoms with van der Waals surface area (Å²) in [5.41, 5.74) is 0.881. The van der Waals surface area contributed by atoms with Gasteiger partial charge in [0.2, 0.25) is 0 Å². The van der Waals surface area contributed by atoms with Gasteiger partial charge in [-0.15, -0.1) is 0 Å². The fourth-order valence-corrected chi connectivity index (χ4v) is 2.84. The Balaban J connectivity index is 1.33. The number of rotatable bonds is 5. The summed E-state index contributed by atoms with van der Waals surface area (Å²) in [5.74, 6) is 0.955. The Hall–Kier alpha value is -1.62. The lowest BCUT2D eigenvalue weighted by molar-refractivity contribution is 0.187. The zero-order valence-corrected chi connectivity index (χ0v) is 12.4. The molecule has 0 atom stereocenters. The van der Waals surface area contributed by atoms with Crippen molar-refractivity contribution in [1.82, 2.24) is 20.5 Å². The van der Waals surface area contributed by atoms with Crippen molar-refractivity contribution in [3.8, 4) is 0 Å². The molecular formula is C16H24N4O. The van der Waals surface area contributed by atoms with Gasteiger partial charge in [-0.05, 0) is 43.7 Å². The Morgan fingerprint density at radius 1 is 1.24 bits per heavy atom. The molecular weight excluding hydrogens is 264 g/mol. The highest BCUT2D eigenvalue weighted by molar-refractivity contribution is 5.74. The molecule has 2 aliphatic rings. The maximum atomic E-state index is 11.9. The molecule has 0 aromatic carbocycles. The number of piperidine rings is 1. The van der Waals surface area contributed by atoms with Crippen LogP contribution < -0.4 is 10.6 Å². The van der Waals surface area contributed by atoms with E-state index in [1.54, 1.807) is 6.20 Å². The van der Waals surface area contributed by atoms with Crippen LogP contribution in [0.1, 0.15) is 31.4 Å². The molecule has 114 valence electrons. The molecule has 3 rings (SSSR count). The monoisotopic (exact) mass is 288 g/mol. The molecule has 5 heteroatoms. The molecule has 1 aliphatic carbocycles. The van der Waals surface area contributed by atoms with Gasteiger partial charge in [0.1, 0.15) is 0 Å². The smallest absolute Gasteiger partial charge is 0.315 e. The highest BCUT2D eigenvalue weighted by atomic mass is 16.2. The van der Waals surface area contributed by atoms with Crippen LogP contribution in [0.25, 0.3) is 0 Å². The van der Waals surface area contributed by atoms with Crippen LogP contribution >= 0.6 is 0 Å². The molecule has 0 radical (unpaired) electrons. The normalized spacial score (nSPS) is 20.2. The first-order valence-corrected chi connectivity index (χ1v) is 7.96. The van der Waals surface area contributed by atoms with Crippen molar-refractivity contribution in [2.75, 3.05) is 19.6 Å². The Morgan fingerprint density at radius 2 is 2.05 bits per heavy atom. The van der Waals surface area contributed by atoms with E-state index < -0.39 is 0 Å². The van der Waals surface area contributed by atoms with Gasteiger partial charge in [-0.3, -0.25) is 4.98 Å². The molecule has 5 nitrogen and oxygen atoms in total. The first-order chi connectivity index (χ1) is 10.3. The topological polar surface area (TPSA) is 57.3 Å². The number of likely N-dealkylation sites (tertiary alicyclic amines) is 1. The van der Waals surface area contributed by atoms with Crippen molar-refractivity contribution in [2.45, 2.75) is 38.3 Å². The molecule has 1 aromatic rings. The predicted molar refractivity (Wildman–Crippen MR) is 81.8 cm³/mol. The lowest BCUT2D eigenvalue weighted by atomic mass is 10.1. The summed E-state index contributed by atoms with van der Waals surface area (Å²) < 4.78 is 0. The number of carbonyl (C=O) groups excluding carboxylic acids is 1. The molecule has 2 amide bonds. The summed E-state index contributed by atoms with van der Waals surface area (Å²) in [6, 6.07) is 5.94. The molecule has 1 aromatic heterocycles. The Bertz CT molecular complexity index is 453. The van der Waals surface area contributed by atoms with E-state index in [0.717, 1.165) is 37.5 Å². The second-order valence-corrected chi connectivity index (χ2v) is 6.17. The minimum absolute atomic E-state index is 0.0821. The number of nitrogens with one attached hydrogen (secondary N) is 2. The minimum Gasteiger partial charge on any atom is -0.335 e. The van der Waals surface area contributed by atoms with Crippen LogP contribution in [0.5, 0.6) is 0 Å². The van der Waals surface area contributed by atoms with Crippen LogP contribution in [-0.2, 0) is 6.54 Å². The van der Waals surface area contributed by atoms with Crippen molar-refractivity contribution < 1.29 is 4.79 Å². The molecule has 1 saturated heterocycles. The van der Waals surface area contributed by atoms with Crippen LogP contribution in [0.2, 0.25) is 0 Å². The summed E-state index contributed by atoms with van der Waals surface area (Å²) in [7, 11) is 0. The molecule has 0 bridgehead atoms. The molecule has 2 heterocycles. The Labute approximate surface area is 126 Å². The van der Waals surface area contributed by atoms with Gasteiger partial charge in [0.05, 0.1) is 12.2 Å². The largest absolute Gasteiger partial charge is 0.335 e. The molecule has 2 fully saturated rings. The van der Waals surface area contributed by atoms with E-state index in [1.165, 1.54) is 19.4 Å². The second-order valence-electron chi connectivity index (χ2n) is 6.17. The third-order valence-corrected chi connectivity index (χ3v) is 4.29. The summed E-state index contributed by atoms with van der Waals surface area (Å²) in [4.78, 5) is 18.6. The highest BCUT2D eigenvalue weighted by Gasteiger charge is 2.27. The molecule has 1 saturated carbocycles. The Morgan fingerprint density at radius 3 is 2.71 bits per heavy atom. The average Bonchev–Trinajstić information content (AvgIpc) is 3.32.